The van der Waals surface area contributed by atoms with Crippen LogP contribution in [-0.4, -0.2) is 19.2 Å². The first-order valence-corrected chi connectivity index (χ1v) is 12.1. The van der Waals surface area contributed by atoms with Crippen LogP contribution in [0.5, 0.6) is 0 Å². The largest absolute Gasteiger partial charge is 0.423 e. The number of thioether (sulfide) groups is 1. The van der Waals surface area contributed by atoms with Crippen LogP contribution in [0.1, 0.15) is 16.7 Å². The van der Waals surface area contributed by atoms with E-state index in [2.05, 4.69) is 10.2 Å². The minimum absolute atomic E-state index is 0.108. The second-order valence-electron chi connectivity index (χ2n) is 8.39. The average molecular weight is 481 g/mol. The van der Waals surface area contributed by atoms with Crippen LogP contribution in [0.4, 0.5) is 0 Å². The van der Waals surface area contributed by atoms with Crippen molar-refractivity contribution < 1.29 is 4.42 Å². The van der Waals surface area contributed by atoms with Gasteiger partial charge in [0.2, 0.25) is 5.78 Å². The smallest absolute Gasteiger partial charge is 0.336 e. The van der Waals surface area contributed by atoms with Crippen molar-refractivity contribution in [3.8, 4) is 0 Å². The molecule has 0 fully saturated rings. The SMILES string of the molecule is Cc1ccc2c(CSc3nnc4n(Cc5ccccc5)c(=O)c5ccccc5n34)cc(=O)oc2c1. The molecule has 0 amide bonds. The van der Waals surface area contributed by atoms with Crippen LogP contribution < -0.4 is 11.2 Å². The van der Waals surface area contributed by atoms with Gasteiger partial charge in [-0.1, -0.05) is 66.4 Å². The number of aryl methyl sites for hydroxylation is 1. The molecule has 3 aromatic carbocycles. The highest BCUT2D eigenvalue weighted by Crippen LogP contribution is 2.28. The van der Waals surface area contributed by atoms with Gasteiger partial charge < -0.3 is 4.42 Å². The van der Waals surface area contributed by atoms with Crippen molar-refractivity contribution in [2.75, 3.05) is 0 Å². The van der Waals surface area contributed by atoms with Crippen LogP contribution in [0.3, 0.4) is 0 Å². The van der Waals surface area contributed by atoms with Gasteiger partial charge in [-0.3, -0.25) is 13.8 Å². The number of para-hydroxylation sites is 1. The van der Waals surface area contributed by atoms with Gasteiger partial charge >= 0.3 is 5.63 Å². The van der Waals surface area contributed by atoms with Gasteiger partial charge in [0, 0.05) is 17.2 Å². The van der Waals surface area contributed by atoms with E-state index in [0.29, 0.717) is 34.2 Å². The third-order valence-electron chi connectivity index (χ3n) is 6.00. The van der Waals surface area contributed by atoms with Crippen molar-refractivity contribution in [2.24, 2.45) is 0 Å². The summed E-state index contributed by atoms with van der Waals surface area (Å²) in [5, 5.41) is 11.0. The van der Waals surface area contributed by atoms with Crippen molar-refractivity contribution in [3.05, 3.63) is 116 Å². The molecule has 0 aliphatic carbocycles. The Kier molecular flexibility index (Phi) is 5.22. The molecule has 3 heterocycles. The fourth-order valence-electron chi connectivity index (χ4n) is 4.33. The fourth-order valence-corrected chi connectivity index (χ4v) is 5.27. The highest BCUT2D eigenvalue weighted by Gasteiger charge is 2.18. The Bertz CT molecular complexity index is 1840. The van der Waals surface area contributed by atoms with Crippen LogP contribution in [0, 0.1) is 6.92 Å². The van der Waals surface area contributed by atoms with Crippen molar-refractivity contribution in [1.82, 2.24) is 19.2 Å². The normalized spacial score (nSPS) is 11.6. The first kappa shape index (κ1) is 21.4. The summed E-state index contributed by atoms with van der Waals surface area (Å²) in [5.41, 5.74) is 3.71. The Morgan fingerprint density at radius 3 is 2.54 bits per heavy atom. The number of hydrogen-bond donors (Lipinski definition) is 0. The van der Waals surface area contributed by atoms with Crippen molar-refractivity contribution in [2.45, 2.75) is 24.4 Å². The molecule has 0 atom stereocenters. The molecule has 0 aliphatic rings. The third kappa shape index (κ3) is 3.81. The average Bonchev–Trinajstić information content (AvgIpc) is 3.29. The van der Waals surface area contributed by atoms with E-state index in [-0.39, 0.29) is 11.2 Å². The Balaban J connectivity index is 1.47. The van der Waals surface area contributed by atoms with Gasteiger partial charge in [-0.05, 0) is 41.8 Å². The van der Waals surface area contributed by atoms with Crippen LogP contribution in [-0.2, 0) is 12.3 Å². The number of rotatable bonds is 5. The number of hydrogen-bond acceptors (Lipinski definition) is 6. The van der Waals surface area contributed by atoms with Gasteiger partial charge in [-0.15, -0.1) is 10.2 Å². The summed E-state index contributed by atoms with van der Waals surface area (Å²) in [6.07, 6.45) is 0. The van der Waals surface area contributed by atoms with Crippen LogP contribution in [0.25, 0.3) is 27.6 Å². The predicted octanol–water partition coefficient (Wildman–Crippen LogP) is 4.80. The zero-order valence-electron chi connectivity index (χ0n) is 18.8. The lowest BCUT2D eigenvalue weighted by Gasteiger charge is -2.11. The van der Waals surface area contributed by atoms with E-state index >= 15 is 0 Å². The van der Waals surface area contributed by atoms with Gasteiger partial charge in [-0.25, -0.2) is 4.79 Å². The minimum atomic E-state index is -0.382. The van der Waals surface area contributed by atoms with Gasteiger partial charge in [-0.2, -0.15) is 0 Å². The summed E-state index contributed by atoms with van der Waals surface area (Å²) < 4.78 is 8.97. The van der Waals surface area contributed by atoms with Crippen LogP contribution in [0.2, 0.25) is 0 Å². The maximum Gasteiger partial charge on any atom is 0.336 e. The minimum Gasteiger partial charge on any atom is -0.423 e. The topological polar surface area (TPSA) is 82.4 Å². The standard InChI is InChI=1S/C27H20N4O3S/c1-17-11-12-20-19(14-24(32)34-23(20)13-17)16-35-27-29-28-26-30(15-18-7-3-2-4-8-18)25(33)21-9-5-6-10-22(21)31(26)27/h2-14H,15-16H2,1H3. The van der Waals surface area contributed by atoms with Gasteiger partial charge in [0.05, 0.1) is 17.4 Å². The number of aromatic nitrogens is 4. The molecule has 0 spiro atoms. The molecule has 7 nitrogen and oxygen atoms in total. The molecule has 0 unspecified atom stereocenters. The zero-order chi connectivity index (χ0) is 23.9. The van der Waals surface area contributed by atoms with E-state index in [1.54, 1.807) is 4.57 Å². The lowest BCUT2D eigenvalue weighted by Crippen LogP contribution is -2.24. The quantitative estimate of drug-likeness (QED) is 0.260. The molecule has 3 aromatic heterocycles. The van der Waals surface area contributed by atoms with Crippen molar-refractivity contribution in [3.63, 3.8) is 0 Å². The molecule has 35 heavy (non-hydrogen) atoms. The zero-order valence-corrected chi connectivity index (χ0v) is 19.7. The molecule has 6 aromatic rings. The predicted molar refractivity (Wildman–Crippen MR) is 137 cm³/mol. The summed E-state index contributed by atoms with van der Waals surface area (Å²) >= 11 is 1.47. The molecular weight excluding hydrogens is 460 g/mol. The molecule has 0 radical (unpaired) electrons. The first-order valence-electron chi connectivity index (χ1n) is 11.2. The molecule has 6 rings (SSSR count). The van der Waals surface area contributed by atoms with Crippen molar-refractivity contribution in [1.29, 1.82) is 0 Å². The molecule has 0 saturated carbocycles. The highest BCUT2D eigenvalue weighted by molar-refractivity contribution is 7.98. The summed E-state index contributed by atoms with van der Waals surface area (Å²) in [6, 6.07) is 24.7. The molecule has 0 saturated heterocycles. The molecule has 8 heteroatoms. The molecule has 0 bridgehead atoms. The fraction of sp³-hybridized carbons (Fsp3) is 0.111. The molecule has 0 N–H and O–H groups in total. The Morgan fingerprint density at radius 1 is 0.886 bits per heavy atom. The summed E-state index contributed by atoms with van der Waals surface area (Å²) in [7, 11) is 0. The van der Waals surface area contributed by atoms with Gasteiger partial charge in [0.15, 0.2) is 5.16 Å². The van der Waals surface area contributed by atoms with E-state index in [1.165, 1.54) is 17.8 Å². The van der Waals surface area contributed by atoms with Crippen LogP contribution >= 0.6 is 11.8 Å². The number of nitrogens with zero attached hydrogens (tertiary/aromatic N) is 4. The van der Waals surface area contributed by atoms with E-state index in [1.807, 2.05) is 84.1 Å². The van der Waals surface area contributed by atoms with Gasteiger partial charge in [0.25, 0.3) is 5.56 Å². The Hall–Kier alpha value is -4.17. The summed E-state index contributed by atoms with van der Waals surface area (Å²) in [6.45, 7) is 2.35. The summed E-state index contributed by atoms with van der Waals surface area (Å²) in [4.78, 5) is 25.5. The second-order valence-corrected chi connectivity index (χ2v) is 9.33. The molecule has 0 aliphatic heterocycles. The first-order chi connectivity index (χ1) is 17.1. The molecular formula is C27H20N4O3S. The maximum absolute atomic E-state index is 13.4. The van der Waals surface area contributed by atoms with Gasteiger partial charge in [0.1, 0.15) is 5.58 Å². The maximum atomic E-state index is 13.4. The van der Waals surface area contributed by atoms with E-state index in [0.717, 1.165) is 27.6 Å². The lowest BCUT2D eigenvalue weighted by atomic mass is 10.1. The van der Waals surface area contributed by atoms with E-state index < -0.39 is 0 Å². The van der Waals surface area contributed by atoms with Crippen molar-refractivity contribution >= 4 is 39.4 Å². The van der Waals surface area contributed by atoms with E-state index in [9.17, 15) is 9.59 Å². The van der Waals surface area contributed by atoms with E-state index in [4.69, 9.17) is 4.42 Å². The Labute approximate surface area is 203 Å². The Morgan fingerprint density at radius 2 is 1.69 bits per heavy atom. The monoisotopic (exact) mass is 480 g/mol. The highest BCUT2D eigenvalue weighted by atomic mass is 32.2. The number of benzene rings is 3. The third-order valence-corrected chi connectivity index (χ3v) is 6.98. The number of fused-ring (bicyclic) bond motifs is 4. The molecule has 172 valence electrons. The second kappa shape index (κ2) is 8.56. The summed E-state index contributed by atoms with van der Waals surface area (Å²) in [5.74, 6) is 0.978. The lowest BCUT2D eigenvalue weighted by molar-refractivity contribution is 0.559. The van der Waals surface area contributed by atoms with Crippen LogP contribution in [0.15, 0.2) is 98.0 Å².